The molecule has 0 spiro atoms. The Morgan fingerprint density at radius 1 is 1.27 bits per heavy atom. The number of hydrogen-bond acceptors (Lipinski definition) is 3. The first-order valence-electron chi connectivity index (χ1n) is 7.86. The van der Waals surface area contributed by atoms with Crippen molar-refractivity contribution in [2.45, 2.75) is 58.0 Å². The van der Waals surface area contributed by atoms with Gasteiger partial charge in [0.05, 0.1) is 11.4 Å². The van der Waals surface area contributed by atoms with E-state index in [1.807, 2.05) is 24.3 Å². The summed E-state index contributed by atoms with van der Waals surface area (Å²) in [4.78, 5) is 11.2. The van der Waals surface area contributed by atoms with Gasteiger partial charge in [0.25, 0.3) is 0 Å². The highest BCUT2D eigenvalue weighted by Gasteiger charge is 2.45. The first-order valence-corrected chi connectivity index (χ1v) is 7.86. The summed E-state index contributed by atoms with van der Waals surface area (Å²) in [5, 5.41) is 15.5. The highest BCUT2D eigenvalue weighted by atomic mass is 16.4. The molecule has 1 aliphatic rings. The van der Waals surface area contributed by atoms with Crippen molar-refractivity contribution in [1.82, 2.24) is 5.32 Å². The van der Waals surface area contributed by atoms with E-state index in [-0.39, 0.29) is 11.0 Å². The number of para-hydroxylation sites is 2. The monoisotopic (exact) mass is 305 g/mol. The molecule has 1 aromatic carbocycles. The van der Waals surface area contributed by atoms with Crippen molar-refractivity contribution in [2.24, 2.45) is 5.41 Å². The maximum absolute atomic E-state index is 11.2. The molecule has 1 amide bonds. The van der Waals surface area contributed by atoms with E-state index in [2.05, 4.69) is 31.4 Å². The third kappa shape index (κ3) is 3.46. The molecule has 5 N–H and O–H groups in total. The summed E-state index contributed by atoms with van der Waals surface area (Å²) in [6.07, 6.45) is 2.56. The molecule has 1 aromatic rings. The van der Waals surface area contributed by atoms with Crippen molar-refractivity contribution in [3.63, 3.8) is 0 Å². The third-order valence-electron chi connectivity index (χ3n) is 4.94. The van der Waals surface area contributed by atoms with Crippen molar-refractivity contribution >= 4 is 17.5 Å². The molecule has 22 heavy (non-hydrogen) atoms. The van der Waals surface area contributed by atoms with Crippen LogP contribution in [0.25, 0.3) is 0 Å². The first kappa shape index (κ1) is 16.5. The second-order valence-corrected chi connectivity index (χ2v) is 7.27. The highest BCUT2D eigenvalue weighted by Crippen LogP contribution is 2.42. The van der Waals surface area contributed by atoms with Crippen LogP contribution in [0.15, 0.2) is 24.3 Å². The molecule has 0 unspecified atom stereocenters. The predicted molar refractivity (Wildman–Crippen MR) is 90.1 cm³/mol. The summed E-state index contributed by atoms with van der Waals surface area (Å²) >= 11 is 0. The zero-order chi connectivity index (χ0) is 16.4. The van der Waals surface area contributed by atoms with Crippen LogP contribution in [0, 0.1) is 5.41 Å². The van der Waals surface area contributed by atoms with Crippen LogP contribution in [0.3, 0.4) is 0 Å². The summed E-state index contributed by atoms with van der Waals surface area (Å²) < 4.78 is 0. The van der Waals surface area contributed by atoms with E-state index in [0.717, 1.165) is 37.1 Å². The van der Waals surface area contributed by atoms with Gasteiger partial charge in [-0.1, -0.05) is 32.9 Å². The van der Waals surface area contributed by atoms with Crippen LogP contribution in [-0.2, 0) is 0 Å². The van der Waals surface area contributed by atoms with Gasteiger partial charge in [0.2, 0.25) is 0 Å². The average molecular weight is 305 g/mol. The zero-order valence-corrected chi connectivity index (χ0v) is 13.6. The number of rotatable bonds is 3. The Hall–Kier alpha value is -1.91. The van der Waals surface area contributed by atoms with Crippen LogP contribution in [0.2, 0.25) is 0 Å². The Morgan fingerprint density at radius 3 is 2.36 bits per heavy atom. The number of carboxylic acid groups (broad SMARTS) is 1. The van der Waals surface area contributed by atoms with Gasteiger partial charge in [-0.05, 0) is 43.2 Å². The van der Waals surface area contributed by atoms with Crippen molar-refractivity contribution in [1.29, 1.82) is 0 Å². The average Bonchev–Trinajstić information content (AvgIpc) is 2.42. The molecule has 0 aromatic heterocycles. The lowest BCUT2D eigenvalue weighted by Crippen LogP contribution is -2.59. The minimum absolute atomic E-state index is 0.109. The molecule has 0 atom stereocenters. The van der Waals surface area contributed by atoms with E-state index in [9.17, 15) is 9.90 Å². The zero-order valence-electron chi connectivity index (χ0n) is 13.6. The van der Waals surface area contributed by atoms with E-state index >= 15 is 0 Å². The van der Waals surface area contributed by atoms with Gasteiger partial charge in [0.1, 0.15) is 0 Å². The lowest BCUT2D eigenvalue weighted by Gasteiger charge is -2.49. The van der Waals surface area contributed by atoms with E-state index < -0.39 is 6.09 Å². The van der Waals surface area contributed by atoms with Crippen molar-refractivity contribution in [2.75, 3.05) is 11.1 Å². The molecule has 0 saturated heterocycles. The van der Waals surface area contributed by atoms with Crippen LogP contribution >= 0.6 is 0 Å². The van der Waals surface area contributed by atoms with Gasteiger partial charge in [-0.25, -0.2) is 4.79 Å². The highest BCUT2D eigenvalue weighted by molar-refractivity contribution is 5.67. The number of amides is 1. The maximum Gasteiger partial charge on any atom is 0.405 e. The molecule has 1 aliphatic carbocycles. The van der Waals surface area contributed by atoms with Gasteiger partial charge in [-0.15, -0.1) is 0 Å². The molecule has 1 saturated carbocycles. The Morgan fingerprint density at radius 2 is 1.86 bits per heavy atom. The van der Waals surface area contributed by atoms with Crippen LogP contribution in [0.5, 0.6) is 0 Å². The second kappa shape index (κ2) is 6.07. The molecule has 0 aliphatic heterocycles. The van der Waals surface area contributed by atoms with Crippen molar-refractivity contribution < 1.29 is 9.90 Å². The number of benzene rings is 1. The van der Waals surface area contributed by atoms with Crippen LogP contribution in [-0.4, -0.2) is 22.8 Å². The minimum Gasteiger partial charge on any atom is -0.465 e. The van der Waals surface area contributed by atoms with Crippen molar-refractivity contribution in [3.05, 3.63) is 24.3 Å². The van der Waals surface area contributed by atoms with Crippen LogP contribution < -0.4 is 16.4 Å². The fourth-order valence-corrected chi connectivity index (χ4v) is 3.37. The van der Waals surface area contributed by atoms with Gasteiger partial charge in [0, 0.05) is 11.6 Å². The fraction of sp³-hybridized carbons (Fsp3) is 0.588. The molecule has 5 heteroatoms. The van der Waals surface area contributed by atoms with Gasteiger partial charge in [-0.2, -0.15) is 0 Å². The largest absolute Gasteiger partial charge is 0.465 e. The molecular weight excluding hydrogens is 278 g/mol. The molecular formula is C17H27N3O2. The topological polar surface area (TPSA) is 87.4 Å². The van der Waals surface area contributed by atoms with E-state index in [4.69, 9.17) is 5.73 Å². The Kier molecular flexibility index (Phi) is 4.54. The number of anilines is 2. The lowest BCUT2D eigenvalue weighted by molar-refractivity contribution is 0.0804. The summed E-state index contributed by atoms with van der Waals surface area (Å²) in [7, 11) is 0. The molecule has 5 nitrogen and oxygen atoms in total. The smallest absolute Gasteiger partial charge is 0.405 e. The maximum atomic E-state index is 11.2. The number of nitrogens with two attached hydrogens (primary N) is 1. The molecule has 0 bridgehead atoms. The predicted octanol–water partition coefficient (Wildman–Crippen LogP) is 3.68. The Balaban J connectivity index is 2.04. The van der Waals surface area contributed by atoms with E-state index in [1.54, 1.807) is 0 Å². The Labute approximate surface area is 132 Å². The number of nitrogen functional groups attached to an aromatic ring is 1. The number of carbonyl (C=O) groups is 1. The summed E-state index contributed by atoms with van der Waals surface area (Å²) in [6.45, 7) is 6.31. The van der Waals surface area contributed by atoms with Crippen molar-refractivity contribution in [3.8, 4) is 0 Å². The fourth-order valence-electron chi connectivity index (χ4n) is 3.37. The number of hydrogen-bond donors (Lipinski definition) is 4. The van der Waals surface area contributed by atoms with Gasteiger partial charge >= 0.3 is 6.09 Å². The summed E-state index contributed by atoms with van der Waals surface area (Å²) in [5.74, 6) is 0. The quantitative estimate of drug-likeness (QED) is 0.642. The lowest BCUT2D eigenvalue weighted by atomic mass is 9.64. The molecule has 0 radical (unpaired) electrons. The van der Waals surface area contributed by atoms with Crippen LogP contribution in [0.1, 0.15) is 46.5 Å². The Bertz CT molecular complexity index is 529. The SMILES string of the molecule is CC(C)(C)C1(NC(=O)O)CCC(Nc2ccccc2N)CC1. The number of nitrogens with one attached hydrogen (secondary N) is 2. The van der Waals surface area contributed by atoms with Gasteiger partial charge < -0.3 is 21.5 Å². The van der Waals surface area contributed by atoms with Gasteiger partial charge in [0.15, 0.2) is 0 Å². The molecule has 122 valence electrons. The second-order valence-electron chi connectivity index (χ2n) is 7.27. The summed E-state index contributed by atoms with van der Waals surface area (Å²) in [5.41, 5.74) is 7.21. The summed E-state index contributed by atoms with van der Waals surface area (Å²) in [6, 6.07) is 8.08. The molecule has 1 fully saturated rings. The normalized spacial score (nSPS) is 25.5. The third-order valence-corrected chi connectivity index (χ3v) is 4.94. The van der Waals surface area contributed by atoms with Crippen LogP contribution in [0.4, 0.5) is 16.2 Å². The minimum atomic E-state index is -0.936. The molecule has 0 heterocycles. The van der Waals surface area contributed by atoms with E-state index in [0.29, 0.717) is 6.04 Å². The van der Waals surface area contributed by atoms with Gasteiger partial charge in [-0.3, -0.25) is 0 Å². The standard InChI is InChI=1S/C17H27N3O2/c1-16(2,3)17(20-15(21)22)10-8-12(9-11-17)19-14-7-5-4-6-13(14)18/h4-7,12,19-20H,8-11,18H2,1-3H3,(H,21,22). The first-order chi connectivity index (χ1) is 10.2. The van der Waals surface area contributed by atoms with E-state index in [1.165, 1.54) is 0 Å². The molecule has 2 rings (SSSR count).